The van der Waals surface area contributed by atoms with Gasteiger partial charge in [0.25, 0.3) is 0 Å². The van der Waals surface area contributed by atoms with Crippen LogP contribution >= 0.6 is 0 Å². The predicted octanol–water partition coefficient (Wildman–Crippen LogP) is 3.01. The predicted molar refractivity (Wildman–Crippen MR) is 89.7 cm³/mol. The number of hydrogen-bond acceptors (Lipinski definition) is 4. The summed E-state index contributed by atoms with van der Waals surface area (Å²) in [5, 5.41) is 2.89. The van der Waals surface area contributed by atoms with Gasteiger partial charge in [-0.05, 0) is 31.5 Å². The van der Waals surface area contributed by atoms with Crippen molar-refractivity contribution in [2.75, 3.05) is 33.1 Å². The lowest BCUT2D eigenvalue weighted by atomic mass is 9.87. The second-order valence-electron chi connectivity index (χ2n) is 6.57. The van der Waals surface area contributed by atoms with Crippen LogP contribution in [0.5, 0.6) is 11.5 Å². The standard InChI is InChI=1S/C17H28N2O3/c1-12(17(2,3)4)19(5)11-16(20)18-14-10-13(21-6)8-9-15(14)22-7/h8-10,12H,11H2,1-7H3,(H,18,20). The van der Waals surface area contributed by atoms with Crippen LogP contribution in [0.1, 0.15) is 27.7 Å². The maximum absolute atomic E-state index is 12.3. The highest BCUT2D eigenvalue weighted by atomic mass is 16.5. The van der Waals surface area contributed by atoms with Crippen molar-refractivity contribution in [1.82, 2.24) is 4.90 Å². The van der Waals surface area contributed by atoms with Crippen molar-refractivity contribution in [3.8, 4) is 11.5 Å². The van der Waals surface area contributed by atoms with Crippen LogP contribution in [0.2, 0.25) is 0 Å². The first kappa shape index (κ1) is 18.3. The third-order valence-electron chi connectivity index (χ3n) is 3.99. The van der Waals surface area contributed by atoms with Crippen LogP contribution in [0, 0.1) is 5.41 Å². The van der Waals surface area contributed by atoms with Crippen molar-refractivity contribution in [2.24, 2.45) is 5.41 Å². The molecule has 1 atom stereocenters. The van der Waals surface area contributed by atoms with Crippen molar-refractivity contribution in [2.45, 2.75) is 33.7 Å². The number of hydrogen-bond donors (Lipinski definition) is 1. The highest BCUT2D eigenvalue weighted by Gasteiger charge is 2.25. The van der Waals surface area contributed by atoms with Gasteiger partial charge in [-0.2, -0.15) is 0 Å². The number of carbonyl (C=O) groups excluding carboxylic acids is 1. The molecule has 22 heavy (non-hydrogen) atoms. The minimum absolute atomic E-state index is 0.0786. The number of amides is 1. The maximum atomic E-state index is 12.3. The summed E-state index contributed by atoms with van der Waals surface area (Å²) < 4.78 is 10.5. The van der Waals surface area contributed by atoms with Crippen molar-refractivity contribution in [3.05, 3.63) is 18.2 Å². The number of carbonyl (C=O) groups is 1. The lowest BCUT2D eigenvalue weighted by Gasteiger charge is -2.34. The molecule has 1 unspecified atom stereocenters. The maximum Gasteiger partial charge on any atom is 0.238 e. The number of rotatable bonds is 6. The van der Waals surface area contributed by atoms with E-state index in [0.717, 1.165) is 0 Å². The lowest BCUT2D eigenvalue weighted by Crippen LogP contribution is -2.43. The van der Waals surface area contributed by atoms with Crippen molar-refractivity contribution in [1.29, 1.82) is 0 Å². The van der Waals surface area contributed by atoms with Gasteiger partial charge in [0.05, 0.1) is 26.5 Å². The Labute approximate surface area is 133 Å². The van der Waals surface area contributed by atoms with Crippen LogP contribution in [0.25, 0.3) is 0 Å². The number of benzene rings is 1. The highest BCUT2D eigenvalue weighted by Crippen LogP contribution is 2.29. The van der Waals surface area contributed by atoms with E-state index in [4.69, 9.17) is 9.47 Å². The average molecular weight is 308 g/mol. The Morgan fingerprint density at radius 2 is 1.91 bits per heavy atom. The normalized spacial score (nSPS) is 12.9. The van der Waals surface area contributed by atoms with Gasteiger partial charge in [-0.1, -0.05) is 20.8 Å². The van der Waals surface area contributed by atoms with Crippen molar-refractivity contribution >= 4 is 11.6 Å². The molecular formula is C17H28N2O3. The Morgan fingerprint density at radius 3 is 2.41 bits per heavy atom. The molecule has 1 rings (SSSR count). The van der Waals surface area contributed by atoms with E-state index in [1.165, 1.54) is 0 Å². The number of nitrogens with zero attached hydrogens (tertiary/aromatic N) is 1. The number of ether oxygens (including phenoxy) is 2. The van der Waals surface area contributed by atoms with Gasteiger partial charge in [0.1, 0.15) is 11.5 Å². The van der Waals surface area contributed by atoms with E-state index in [0.29, 0.717) is 23.7 Å². The van der Waals surface area contributed by atoms with Crippen LogP contribution in [-0.4, -0.2) is 44.7 Å². The van der Waals surface area contributed by atoms with E-state index in [1.807, 2.05) is 11.9 Å². The molecule has 0 saturated carbocycles. The molecule has 0 aliphatic carbocycles. The van der Waals surface area contributed by atoms with Gasteiger partial charge in [-0.15, -0.1) is 0 Å². The second-order valence-corrected chi connectivity index (χ2v) is 6.57. The fourth-order valence-corrected chi connectivity index (χ4v) is 2.13. The first-order chi connectivity index (χ1) is 10.2. The molecule has 0 fully saturated rings. The van der Waals surface area contributed by atoms with Crippen molar-refractivity contribution < 1.29 is 14.3 Å². The van der Waals surface area contributed by atoms with Gasteiger partial charge in [0, 0.05) is 12.1 Å². The molecule has 5 heteroatoms. The summed E-state index contributed by atoms with van der Waals surface area (Å²) in [4.78, 5) is 14.3. The van der Waals surface area contributed by atoms with Crippen LogP contribution in [-0.2, 0) is 4.79 Å². The minimum Gasteiger partial charge on any atom is -0.497 e. The SMILES string of the molecule is COc1ccc(OC)c(NC(=O)CN(C)C(C)C(C)(C)C)c1. The highest BCUT2D eigenvalue weighted by molar-refractivity contribution is 5.94. The molecule has 1 aromatic carbocycles. The third kappa shape index (κ3) is 4.91. The van der Waals surface area contributed by atoms with E-state index in [9.17, 15) is 4.79 Å². The summed E-state index contributed by atoms with van der Waals surface area (Å²) in [6.45, 7) is 8.93. The smallest absolute Gasteiger partial charge is 0.238 e. The largest absolute Gasteiger partial charge is 0.497 e. The van der Waals surface area contributed by atoms with Gasteiger partial charge >= 0.3 is 0 Å². The zero-order valence-corrected chi connectivity index (χ0v) is 14.7. The first-order valence-corrected chi connectivity index (χ1v) is 7.41. The topological polar surface area (TPSA) is 50.8 Å². The molecule has 0 aliphatic rings. The summed E-state index contributed by atoms with van der Waals surface area (Å²) in [7, 11) is 5.12. The second kappa shape index (κ2) is 7.49. The Balaban J connectivity index is 2.77. The summed E-state index contributed by atoms with van der Waals surface area (Å²) >= 11 is 0. The van der Waals surface area contributed by atoms with Crippen LogP contribution < -0.4 is 14.8 Å². The molecule has 0 spiro atoms. The third-order valence-corrected chi connectivity index (χ3v) is 3.99. The molecule has 0 saturated heterocycles. The van der Waals surface area contributed by atoms with Gasteiger partial charge in [0.15, 0.2) is 0 Å². The molecule has 0 heterocycles. The van der Waals surface area contributed by atoms with Crippen LogP contribution in [0.3, 0.4) is 0 Å². The average Bonchev–Trinajstić information content (AvgIpc) is 2.45. The lowest BCUT2D eigenvalue weighted by molar-refractivity contribution is -0.117. The zero-order valence-electron chi connectivity index (χ0n) is 14.7. The van der Waals surface area contributed by atoms with Crippen molar-refractivity contribution in [3.63, 3.8) is 0 Å². The Bertz CT molecular complexity index is 509. The molecule has 0 bridgehead atoms. The van der Waals surface area contributed by atoms with Crippen LogP contribution in [0.4, 0.5) is 5.69 Å². The summed E-state index contributed by atoms with van der Waals surface area (Å²) in [5.41, 5.74) is 0.728. The molecule has 0 aliphatic heterocycles. The summed E-state index contributed by atoms with van der Waals surface area (Å²) in [5.74, 6) is 1.21. The monoisotopic (exact) mass is 308 g/mol. The fraction of sp³-hybridized carbons (Fsp3) is 0.588. The molecule has 1 aromatic rings. The van der Waals surface area contributed by atoms with E-state index in [2.05, 4.69) is 33.0 Å². The minimum atomic E-state index is -0.0786. The van der Waals surface area contributed by atoms with Crippen LogP contribution in [0.15, 0.2) is 18.2 Å². The zero-order chi connectivity index (χ0) is 16.9. The fourth-order valence-electron chi connectivity index (χ4n) is 2.13. The molecule has 1 amide bonds. The molecule has 0 aromatic heterocycles. The van der Waals surface area contributed by atoms with E-state index in [-0.39, 0.29) is 17.4 Å². The van der Waals surface area contributed by atoms with E-state index < -0.39 is 0 Å². The molecule has 1 N–H and O–H groups in total. The van der Waals surface area contributed by atoms with Gasteiger partial charge in [-0.3, -0.25) is 9.69 Å². The van der Waals surface area contributed by atoms with Gasteiger partial charge in [-0.25, -0.2) is 0 Å². The van der Waals surface area contributed by atoms with Gasteiger partial charge < -0.3 is 14.8 Å². The van der Waals surface area contributed by atoms with E-state index in [1.54, 1.807) is 32.4 Å². The molecular weight excluding hydrogens is 280 g/mol. The number of anilines is 1. The van der Waals surface area contributed by atoms with Gasteiger partial charge in [0.2, 0.25) is 5.91 Å². The summed E-state index contributed by atoms with van der Waals surface area (Å²) in [6, 6.07) is 5.60. The Hall–Kier alpha value is -1.75. The number of nitrogens with one attached hydrogen (secondary N) is 1. The van der Waals surface area contributed by atoms with E-state index >= 15 is 0 Å². The number of likely N-dealkylation sites (N-methyl/N-ethyl adjacent to an activating group) is 1. The number of methoxy groups -OCH3 is 2. The first-order valence-electron chi connectivity index (χ1n) is 7.41. The molecule has 5 nitrogen and oxygen atoms in total. The molecule has 124 valence electrons. The molecule has 0 radical (unpaired) electrons. The summed E-state index contributed by atoms with van der Waals surface area (Å²) in [6.07, 6.45) is 0. The quantitative estimate of drug-likeness (QED) is 0.877. The Kier molecular flexibility index (Phi) is 6.23. The Morgan fingerprint density at radius 1 is 1.27 bits per heavy atom.